The van der Waals surface area contributed by atoms with E-state index < -0.39 is 23.8 Å². The molecule has 0 saturated heterocycles. The third-order valence-corrected chi connectivity index (χ3v) is 3.31. The van der Waals surface area contributed by atoms with Gasteiger partial charge in [0.25, 0.3) is 5.91 Å². The Bertz CT molecular complexity index is 715. The Balaban J connectivity index is 2.00. The second-order valence-corrected chi connectivity index (χ2v) is 5.07. The van der Waals surface area contributed by atoms with E-state index >= 15 is 0 Å². The lowest BCUT2D eigenvalue weighted by Gasteiger charge is -2.14. The second kappa shape index (κ2) is 6.62. The van der Waals surface area contributed by atoms with E-state index in [0.29, 0.717) is 5.69 Å². The number of esters is 1. The molecule has 2 rings (SSSR count). The first-order chi connectivity index (χ1) is 10.4. The number of benzene rings is 1. The zero-order valence-electron chi connectivity index (χ0n) is 12.0. The van der Waals surface area contributed by atoms with Crippen molar-refractivity contribution < 1.29 is 18.7 Å². The topological polar surface area (TPSA) is 60.3 Å². The Morgan fingerprint density at radius 1 is 1.36 bits per heavy atom. The van der Waals surface area contributed by atoms with Gasteiger partial charge >= 0.3 is 5.97 Å². The van der Waals surface area contributed by atoms with Crippen LogP contribution in [0.3, 0.4) is 0 Å². The van der Waals surface area contributed by atoms with Gasteiger partial charge in [-0.2, -0.15) is 0 Å². The first-order valence-electron chi connectivity index (χ1n) is 6.46. The van der Waals surface area contributed by atoms with Gasteiger partial charge in [-0.25, -0.2) is 9.18 Å². The zero-order valence-corrected chi connectivity index (χ0v) is 12.7. The molecule has 0 aliphatic carbocycles. The molecule has 1 N–H and O–H groups in total. The number of halogens is 2. The second-order valence-electron chi connectivity index (χ2n) is 4.67. The molecule has 1 aromatic heterocycles. The maximum Gasteiger partial charge on any atom is 0.355 e. The van der Waals surface area contributed by atoms with Crippen molar-refractivity contribution in [3.63, 3.8) is 0 Å². The van der Waals surface area contributed by atoms with Crippen LogP contribution in [-0.2, 0) is 16.6 Å². The molecule has 116 valence electrons. The predicted octanol–water partition coefficient (Wildman–Crippen LogP) is 3.00. The first kappa shape index (κ1) is 16.0. The summed E-state index contributed by atoms with van der Waals surface area (Å²) in [6, 6.07) is 6.87. The predicted molar refractivity (Wildman–Crippen MR) is 80.3 cm³/mol. The van der Waals surface area contributed by atoms with Gasteiger partial charge in [-0.1, -0.05) is 11.6 Å². The summed E-state index contributed by atoms with van der Waals surface area (Å²) in [5.41, 5.74) is 0.578. The van der Waals surface area contributed by atoms with Crippen LogP contribution in [-0.4, -0.2) is 22.5 Å². The van der Waals surface area contributed by atoms with Crippen LogP contribution in [0.5, 0.6) is 0 Å². The molecule has 1 atom stereocenters. The molecule has 1 heterocycles. The smallest absolute Gasteiger partial charge is 0.355 e. The highest BCUT2D eigenvalue weighted by molar-refractivity contribution is 6.33. The van der Waals surface area contributed by atoms with Crippen molar-refractivity contribution in [2.24, 2.45) is 7.05 Å². The minimum Gasteiger partial charge on any atom is -0.448 e. The summed E-state index contributed by atoms with van der Waals surface area (Å²) in [5.74, 6) is -1.68. The van der Waals surface area contributed by atoms with Crippen LogP contribution in [0.4, 0.5) is 10.1 Å². The SMILES string of the molecule is C[C@@H](OC(=O)c1cccn1C)C(=O)Nc1ccc(F)cc1Cl. The number of hydrogen-bond donors (Lipinski definition) is 1. The van der Waals surface area contributed by atoms with E-state index in [-0.39, 0.29) is 10.7 Å². The summed E-state index contributed by atoms with van der Waals surface area (Å²) in [4.78, 5) is 23.9. The molecule has 5 nitrogen and oxygen atoms in total. The minimum atomic E-state index is -1.02. The van der Waals surface area contributed by atoms with Gasteiger partial charge in [0.1, 0.15) is 11.5 Å². The van der Waals surface area contributed by atoms with Crippen LogP contribution in [0.1, 0.15) is 17.4 Å². The highest BCUT2D eigenvalue weighted by Gasteiger charge is 2.21. The van der Waals surface area contributed by atoms with Crippen LogP contribution in [0.2, 0.25) is 5.02 Å². The lowest BCUT2D eigenvalue weighted by atomic mass is 10.3. The van der Waals surface area contributed by atoms with Crippen LogP contribution < -0.4 is 5.32 Å². The third kappa shape index (κ3) is 3.65. The van der Waals surface area contributed by atoms with E-state index in [4.69, 9.17) is 16.3 Å². The molecule has 0 radical (unpaired) electrons. The van der Waals surface area contributed by atoms with Crippen molar-refractivity contribution in [2.75, 3.05) is 5.32 Å². The van der Waals surface area contributed by atoms with E-state index in [2.05, 4.69) is 5.32 Å². The third-order valence-electron chi connectivity index (χ3n) is 2.99. The Morgan fingerprint density at radius 2 is 2.09 bits per heavy atom. The van der Waals surface area contributed by atoms with Crippen LogP contribution >= 0.6 is 11.6 Å². The Hall–Kier alpha value is -2.34. The number of ether oxygens (including phenoxy) is 1. The van der Waals surface area contributed by atoms with Crippen molar-refractivity contribution in [3.8, 4) is 0 Å². The van der Waals surface area contributed by atoms with E-state index in [9.17, 15) is 14.0 Å². The van der Waals surface area contributed by atoms with Gasteiger partial charge in [-0.15, -0.1) is 0 Å². The Kier molecular flexibility index (Phi) is 4.82. The number of nitrogens with zero attached hydrogens (tertiary/aromatic N) is 1. The molecule has 0 aliphatic rings. The summed E-state index contributed by atoms with van der Waals surface area (Å²) < 4.78 is 19.6. The van der Waals surface area contributed by atoms with Crippen molar-refractivity contribution in [1.82, 2.24) is 4.57 Å². The summed E-state index contributed by atoms with van der Waals surface area (Å²) in [6.07, 6.45) is 0.670. The lowest BCUT2D eigenvalue weighted by Crippen LogP contribution is -2.30. The Morgan fingerprint density at radius 3 is 2.68 bits per heavy atom. The van der Waals surface area contributed by atoms with Gasteiger partial charge in [0, 0.05) is 13.2 Å². The van der Waals surface area contributed by atoms with Crippen molar-refractivity contribution in [1.29, 1.82) is 0 Å². The molecule has 0 fully saturated rings. The van der Waals surface area contributed by atoms with Crippen molar-refractivity contribution in [2.45, 2.75) is 13.0 Å². The summed E-state index contributed by atoms with van der Waals surface area (Å²) in [5, 5.41) is 2.55. The zero-order chi connectivity index (χ0) is 16.3. The number of aromatic nitrogens is 1. The number of anilines is 1. The number of aryl methyl sites for hydroxylation is 1. The molecule has 7 heteroatoms. The van der Waals surface area contributed by atoms with Crippen LogP contribution in [0.15, 0.2) is 36.5 Å². The van der Waals surface area contributed by atoms with Gasteiger partial charge in [-0.05, 0) is 37.3 Å². The minimum absolute atomic E-state index is 0.0642. The fraction of sp³-hybridized carbons (Fsp3) is 0.200. The van der Waals surface area contributed by atoms with Gasteiger partial charge < -0.3 is 14.6 Å². The molecule has 0 aliphatic heterocycles. The number of hydrogen-bond acceptors (Lipinski definition) is 3. The number of amides is 1. The maximum atomic E-state index is 12.9. The summed E-state index contributed by atoms with van der Waals surface area (Å²) in [6.45, 7) is 1.44. The van der Waals surface area contributed by atoms with E-state index in [1.54, 1.807) is 29.9 Å². The summed E-state index contributed by atoms with van der Waals surface area (Å²) in [7, 11) is 1.69. The number of carbonyl (C=O) groups excluding carboxylic acids is 2. The summed E-state index contributed by atoms with van der Waals surface area (Å²) >= 11 is 5.82. The molecule has 1 aromatic carbocycles. The standard InChI is InChI=1S/C15H14ClFN2O3/c1-9(22-15(21)13-4-3-7-19(13)2)14(20)18-12-6-5-10(17)8-11(12)16/h3-9H,1-2H3,(H,18,20)/t9-/m1/s1. The van der Waals surface area contributed by atoms with E-state index in [0.717, 1.165) is 6.07 Å². The molecule has 0 saturated carbocycles. The largest absolute Gasteiger partial charge is 0.448 e. The molecule has 22 heavy (non-hydrogen) atoms. The van der Waals surface area contributed by atoms with Gasteiger partial charge in [0.05, 0.1) is 10.7 Å². The molecule has 2 aromatic rings. The molecule has 0 spiro atoms. The normalized spacial score (nSPS) is 11.8. The van der Waals surface area contributed by atoms with Gasteiger partial charge in [-0.3, -0.25) is 4.79 Å². The van der Waals surface area contributed by atoms with Gasteiger partial charge in [0.2, 0.25) is 0 Å². The molecule has 0 bridgehead atoms. The number of rotatable bonds is 4. The van der Waals surface area contributed by atoms with Crippen molar-refractivity contribution in [3.05, 3.63) is 53.1 Å². The number of nitrogens with one attached hydrogen (secondary N) is 1. The van der Waals surface area contributed by atoms with E-state index in [1.807, 2.05) is 0 Å². The monoisotopic (exact) mass is 324 g/mol. The number of carbonyl (C=O) groups is 2. The van der Waals surface area contributed by atoms with Crippen molar-refractivity contribution >= 4 is 29.2 Å². The quantitative estimate of drug-likeness (QED) is 0.879. The Labute approximate surface area is 131 Å². The highest BCUT2D eigenvalue weighted by Crippen LogP contribution is 2.22. The first-order valence-corrected chi connectivity index (χ1v) is 6.84. The van der Waals surface area contributed by atoms with Crippen LogP contribution in [0, 0.1) is 5.82 Å². The maximum absolute atomic E-state index is 12.9. The average Bonchev–Trinajstić information content (AvgIpc) is 2.88. The molecule has 0 unspecified atom stereocenters. The highest BCUT2D eigenvalue weighted by atomic mass is 35.5. The van der Waals surface area contributed by atoms with Crippen LogP contribution in [0.25, 0.3) is 0 Å². The average molecular weight is 325 g/mol. The molecular weight excluding hydrogens is 311 g/mol. The van der Waals surface area contributed by atoms with Gasteiger partial charge in [0.15, 0.2) is 6.10 Å². The fourth-order valence-electron chi connectivity index (χ4n) is 1.77. The fourth-order valence-corrected chi connectivity index (χ4v) is 1.99. The molecule has 1 amide bonds. The lowest BCUT2D eigenvalue weighted by molar-refractivity contribution is -0.123. The van der Waals surface area contributed by atoms with E-state index in [1.165, 1.54) is 19.1 Å². The molecular formula is C15H14ClFN2O3.